The number of ether oxygens (including phenoxy) is 1. The van der Waals surface area contributed by atoms with Gasteiger partial charge in [0.05, 0.1) is 18.1 Å². The lowest BCUT2D eigenvalue weighted by molar-refractivity contribution is 0.0730. The number of sulfonamides is 1. The summed E-state index contributed by atoms with van der Waals surface area (Å²) >= 11 is 11.9. The number of benzene rings is 1. The Morgan fingerprint density at radius 3 is 2.17 bits per heavy atom. The molecule has 1 aliphatic heterocycles. The first-order chi connectivity index (χ1) is 8.43. The number of hydrogen-bond donors (Lipinski definition) is 0. The molecule has 0 spiro atoms. The van der Waals surface area contributed by atoms with Crippen LogP contribution in [0.15, 0.2) is 17.0 Å². The molecule has 0 radical (unpaired) electrons. The van der Waals surface area contributed by atoms with Gasteiger partial charge in [-0.3, -0.25) is 0 Å². The molecule has 0 aromatic heterocycles. The molecular weight excluding hydrogens is 297 g/mol. The normalized spacial score (nSPS) is 17.9. The molecule has 0 aliphatic carbocycles. The number of rotatable bonds is 2. The molecule has 1 aromatic carbocycles. The van der Waals surface area contributed by atoms with Crippen LogP contribution < -0.4 is 0 Å². The largest absolute Gasteiger partial charge is 0.379 e. The van der Waals surface area contributed by atoms with Crippen LogP contribution in [0.5, 0.6) is 0 Å². The van der Waals surface area contributed by atoms with Crippen LogP contribution in [-0.2, 0) is 14.8 Å². The van der Waals surface area contributed by atoms with Crippen molar-refractivity contribution in [2.75, 3.05) is 26.3 Å². The standard InChI is InChI=1S/C11H13Cl2NO3S/c1-8-10(12)6-9(7-11(8)13)18(15,16)14-2-4-17-5-3-14/h6-7H,2-5H2,1H3. The van der Waals surface area contributed by atoms with Gasteiger partial charge in [0.15, 0.2) is 0 Å². The molecule has 1 aromatic rings. The van der Waals surface area contributed by atoms with Gasteiger partial charge in [-0.15, -0.1) is 0 Å². The maximum absolute atomic E-state index is 12.4. The average molecular weight is 310 g/mol. The molecule has 1 heterocycles. The lowest BCUT2D eigenvalue weighted by Gasteiger charge is -2.26. The molecular formula is C11H13Cl2NO3S. The van der Waals surface area contributed by atoms with Crippen LogP contribution in [0, 0.1) is 6.92 Å². The van der Waals surface area contributed by atoms with E-state index in [0.717, 1.165) is 0 Å². The van der Waals surface area contributed by atoms with Crippen molar-refractivity contribution in [3.05, 3.63) is 27.7 Å². The van der Waals surface area contributed by atoms with E-state index in [1.54, 1.807) is 6.92 Å². The molecule has 1 fully saturated rings. The quantitative estimate of drug-likeness (QED) is 0.842. The minimum absolute atomic E-state index is 0.130. The van der Waals surface area contributed by atoms with Crippen LogP contribution in [0.25, 0.3) is 0 Å². The molecule has 0 bridgehead atoms. The molecule has 2 rings (SSSR count). The zero-order valence-corrected chi connectivity index (χ0v) is 12.1. The van der Waals surface area contributed by atoms with E-state index >= 15 is 0 Å². The van der Waals surface area contributed by atoms with E-state index in [4.69, 9.17) is 27.9 Å². The fourth-order valence-corrected chi connectivity index (χ4v) is 3.78. The maximum Gasteiger partial charge on any atom is 0.243 e. The second-order valence-electron chi connectivity index (χ2n) is 4.03. The van der Waals surface area contributed by atoms with E-state index in [1.165, 1.54) is 16.4 Å². The van der Waals surface area contributed by atoms with E-state index in [0.29, 0.717) is 41.9 Å². The maximum atomic E-state index is 12.4. The summed E-state index contributed by atoms with van der Waals surface area (Å²) in [4.78, 5) is 0.130. The Morgan fingerprint density at radius 1 is 1.17 bits per heavy atom. The van der Waals surface area contributed by atoms with Gasteiger partial charge in [0.25, 0.3) is 0 Å². The number of halogens is 2. The third-order valence-corrected chi connectivity index (χ3v) is 5.52. The fourth-order valence-electron chi connectivity index (χ4n) is 1.71. The summed E-state index contributed by atoms with van der Waals surface area (Å²) in [5, 5.41) is 0.712. The summed E-state index contributed by atoms with van der Waals surface area (Å²) in [5.74, 6) is 0. The van der Waals surface area contributed by atoms with Gasteiger partial charge in [0.1, 0.15) is 0 Å². The van der Waals surface area contributed by atoms with Crippen LogP contribution in [0.1, 0.15) is 5.56 Å². The summed E-state index contributed by atoms with van der Waals surface area (Å²) < 4.78 is 31.2. The monoisotopic (exact) mass is 309 g/mol. The van der Waals surface area contributed by atoms with Crippen molar-refractivity contribution >= 4 is 33.2 Å². The van der Waals surface area contributed by atoms with Gasteiger partial charge in [-0.1, -0.05) is 23.2 Å². The molecule has 18 heavy (non-hydrogen) atoms. The van der Waals surface area contributed by atoms with Crippen molar-refractivity contribution in [2.24, 2.45) is 0 Å². The first-order valence-electron chi connectivity index (χ1n) is 5.46. The third kappa shape index (κ3) is 2.65. The smallest absolute Gasteiger partial charge is 0.243 e. The zero-order chi connectivity index (χ0) is 13.3. The van der Waals surface area contributed by atoms with Gasteiger partial charge in [-0.05, 0) is 24.6 Å². The molecule has 100 valence electrons. The van der Waals surface area contributed by atoms with E-state index in [9.17, 15) is 8.42 Å². The molecule has 0 unspecified atom stereocenters. The van der Waals surface area contributed by atoms with E-state index in [1.807, 2.05) is 0 Å². The van der Waals surface area contributed by atoms with Crippen molar-refractivity contribution < 1.29 is 13.2 Å². The summed E-state index contributed by atoms with van der Waals surface area (Å²) in [5.41, 5.74) is 0.680. The van der Waals surface area contributed by atoms with E-state index in [2.05, 4.69) is 0 Å². The predicted octanol–water partition coefficient (Wildman–Crippen LogP) is 2.32. The molecule has 7 heteroatoms. The summed E-state index contributed by atoms with van der Waals surface area (Å²) in [6.45, 7) is 3.27. The van der Waals surface area contributed by atoms with Crippen molar-refractivity contribution in [3.8, 4) is 0 Å². The van der Waals surface area contributed by atoms with Gasteiger partial charge in [0, 0.05) is 23.1 Å². The zero-order valence-electron chi connectivity index (χ0n) is 9.82. The van der Waals surface area contributed by atoms with Crippen molar-refractivity contribution in [1.29, 1.82) is 0 Å². The first-order valence-corrected chi connectivity index (χ1v) is 7.66. The van der Waals surface area contributed by atoms with Crippen molar-refractivity contribution in [2.45, 2.75) is 11.8 Å². The van der Waals surface area contributed by atoms with Crippen LogP contribution in [-0.4, -0.2) is 39.0 Å². The highest BCUT2D eigenvalue weighted by Crippen LogP contribution is 2.29. The summed E-state index contributed by atoms with van der Waals surface area (Å²) in [6, 6.07) is 2.88. The van der Waals surface area contributed by atoms with Crippen molar-refractivity contribution in [1.82, 2.24) is 4.31 Å². The summed E-state index contributed by atoms with van der Waals surface area (Å²) in [6.07, 6.45) is 0. The van der Waals surface area contributed by atoms with Gasteiger partial charge in [-0.25, -0.2) is 8.42 Å². The highest BCUT2D eigenvalue weighted by atomic mass is 35.5. The van der Waals surface area contributed by atoms with E-state index in [-0.39, 0.29) is 4.90 Å². The van der Waals surface area contributed by atoms with Gasteiger partial charge in [0.2, 0.25) is 10.0 Å². The Kier molecular flexibility index (Phi) is 4.18. The molecule has 0 amide bonds. The van der Waals surface area contributed by atoms with Crippen LogP contribution >= 0.6 is 23.2 Å². The highest BCUT2D eigenvalue weighted by Gasteiger charge is 2.27. The minimum Gasteiger partial charge on any atom is -0.379 e. The summed E-state index contributed by atoms with van der Waals surface area (Å²) in [7, 11) is -3.54. The second-order valence-corrected chi connectivity index (χ2v) is 6.78. The van der Waals surface area contributed by atoms with Gasteiger partial charge >= 0.3 is 0 Å². The lowest BCUT2D eigenvalue weighted by atomic mass is 10.2. The first kappa shape index (κ1) is 14.1. The van der Waals surface area contributed by atoms with Gasteiger partial charge < -0.3 is 4.74 Å². The average Bonchev–Trinajstić information content (AvgIpc) is 2.36. The second kappa shape index (κ2) is 5.35. The number of hydrogen-bond acceptors (Lipinski definition) is 3. The SMILES string of the molecule is Cc1c(Cl)cc(S(=O)(=O)N2CCOCC2)cc1Cl. The topological polar surface area (TPSA) is 46.6 Å². The lowest BCUT2D eigenvalue weighted by Crippen LogP contribution is -2.40. The van der Waals surface area contributed by atoms with Crippen LogP contribution in [0.3, 0.4) is 0 Å². The van der Waals surface area contributed by atoms with Crippen LogP contribution in [0.2, 0.25) is 10.0 Å². The Hall–Kier alpha value is -0.330. The predicted molar refractivity (Wildman–Crippen MR) is 70.8 cm³/mol. The fraction of sp³-hybridized carbons (Fsp3) is 0.455. The Balaban J connectivity index is 2.41. The molecule has 1 saturated heterocycles. The van der Waals surface area contributed by atoms with Gasteiger partial charge in [-0.2, -0.15) is 4.31 Å². The molecule has 0 N–H and O–H groups in total. The number of nitrogens with zero attached hydrogens (tertiary/aromatic N) is 1. The third-order valence-electron chi connectivity index (χ3n) is 2.86. The molecule has 1 aliphatic rings. The highest BCUT2D eigenvalue weighted by molar-refractivity contribution is 7.89. The molecule has 0 atom stereocenters. The molecule has 0 saturated carbocycles. The molecule has 4 nitrogen and oxygen atoms in total. The Morgan fingerprint density at radius 2 is 1.67 bits per heavy atom. The Bertz CT molecular complexity index is 530. The van der Waals surface area contributed by atoms with E-state index < -0.39 is 10.0 Å². The van der Waals surface area contributed by atoms with Crippen LogP contribution in [0.4, 0.5) is 0 Å². The Labute approximate surface area is 116 Å². The van der Waals surface area contributed by atoms with Crippen molar-refractivity contribution in [3.63, 3.8) is 0 Å². The number of morpholine rings is 1. The minimum atomic E-state index is -3.54.